The predicted molar refractivity (Wildman–Crippen MR) is 124 cm³/mol. The number of benzene rings is 1. The highest BCUT2D eigenvalue weighted by Crippen LogP contribution is 2.42. The van der Waals surface area contributed by atoms with Crippen molar-refractivity contribution in [2.75, 3.05) is 6.61 Å². The summed E-state index contributed by atoms with van der Waals surface area (Å²) in [7, 11) is 0. The molecule has 2 aliphatic carbocycles. The number of rotatable bonds is 8. The molecule has 0 aliphatic heterocycles. The molecule has 1 nitrogen and oxygen atoms in total. The zero-order valence-electron chi connectivity index (χ0n) is 18.9. The summed E-state index contributed by atoms with van der Waals surface area (Å²) in [4.78, 5) is 0. The minimum absolute atomic E-state index is 0.604. The Morgan fingerprint density at radius 2 is 1.41 bits per heavy atom. The van der Waals surface area contributed by atoms with Crippen LogP contribution in [0.1, 0.15) is 103 Å². The highest BCUT2D eigenvalue weighted by molar-refractivity contribution is 5.38. The van der Waals surface area contributed by atoms with Crippen LogP contribution in [0.25, 0.3) is 0 Å². The van der Waals surface area contributed by atoms with Crippen LogP contribution < -0.4 is 4.74 Å². The van der Waals surface area contributed by atoms with Crippen LogP contribution in [0.3, 0.4) is 0 Å². The van der Waals surface area contributed by atoms with E-state index in [4.69, 9.17) is 4.74 Å². The maximum atomic E-state index is 5.74. The fourth-order valence-electron chi connectivity index (χ4n) is 5.33. The third kappa shape index (κ3) is 7.40. The fraction of sp³-hybridized carbons (Fsp3) is 0.714. The molecule has 0 radical (unpaired) electrons. The molecule has 0 N–H and O–H groups in total. The third-order valence-corrected chi connectivity index (χ3v) is 7.34. The Morgan fingerprint density at radius 1 is 0.793 bits per heavy atom. The maximum Gasteiger partial charge on any atom is 0.119 e. The van der Waals surface area contributed by atoms with Gasteiger partial charge < -0.3 is 4.74 Å². The van der Waals surface area contributed by atoms with Crippen LogP contribution in [-0.2, 0) is 0 Å². The highest BCUT2D eigenvalue weighted by Gasteiger charge is 2.30. The van der Waals surface area contributed by atoms with Crippen molar-refractivity contribution in [3.05, 3.63) is 29.8 Å². The molecule has 0 spiro atoms. The van der Waals surface area contributed by atoms with Crippen molar-refractivity contribution in [2.24, 2.45) is 23.7 Å². The lowest BCUT2D eigenvalue weighted by Gasteiger charge is -2.37. The number of hydrogen-bond acceptors (Lipinski definition) is 1. The van der Waals surface area contributed by atoms with Gasteiger partial charge in [-0.3, -0.25) is 0 Å². The first-order valence-electron chi connectivity index (χ1n) is 12.5. The molecule has 0 amide bonds. The van der Waals surface area contributed by atoms with Gasteiger partial charge in [0.25, 0.3) is 0 Å². The van der Waals surface area contributed by atoms with E-state index in [9.17, 15) is 0 Å². The Kier molecular flexibility index (Phi) is 9.46. The van der Waals surface area contributed by atoms with Gasteiger partial charge in [0, 0.05) is 11.5 Å². The maximum absolute atomic E-state index is 5.74. The number of unbranched alkanes of at least 4 members (excludes halogenated alkanes) is 2. The zero-order chi connectivity index (χ0) is 20.3. The van der Waals surface area contributed by atoms with Crippen LogP contribution >= 0.6 is 0 Å². The molecule has 29 heavy (non-hydrogen) atoms. The second kappa shape index (κ2) is 12.3. The molecule has 2 fully saturated rings. The molecule has 1 aromatic carbocycles. The van der Waals surface area contributed by atoms with Gasteiger partial charge in [0.1, 0.15) is 5.75 Å². The SMILES string of the molecule is CCCCOc1ccc(C#CC2CCC([C@H]3CC[C@H](CCCC)CC3)CC2)cc1. The lowest BCUT2D eigenvalue weighted by molar-refractivity contribution is 0.153. The highest BCUT2D eigenvalue weighted by atomic mass is 16.5. The Labute approximate surface area is 180 Å². The van der Waals surface area contributed by atoms with Crippen molar-refractivity contribution in [3.8, 4) is 17.6 Å². The summed E-state index contributed by atoms with van der Waals surface area (Å²) in [5.41, 5.74) is 1.13. The zero-order valence-corrected chi connectivity index (χ0v) is 18.9. The average Bonchev–Trinajstić information content (AvgIpc) is 2.78. The molecule has 0 bridgehead atoms. The van der Waals surface area contributed by atoms with Gasteiger partial charge in [-0.05, 0) is 87.0 Å². The molecule has 1 heteroatoms. The van der Waals surface area contributed by atoms with Gasteiger partial charge in [-0.1, -0.05) is 64.2 Å². The molecule has 0 saturated heterocycles. The quantitative estimate of drug-likeness (QED) is 0.320. The van der Waals surface area contributed by atoms with Gasteiger partial charge in [-0.15, -0.1) is 0 Å². The standard InChI is InChI=1S/C28H42O/c1-3-5-7-23-10-16-26(17-11-23)27-18-12-24(13-19-27)8-9-25-14-20-28(21-15-25)29-22-6-4-2/h14-15,20-21,23-24,26-27H,3-7,10-13,16-19,22H2,1-2H3/t23-,24?,26-,27?. The van der Waals surface area contributed by atoms with Crippen molar-refractivity contribution >= 4 is 0 Å². The molecule has 0 atom stereocenters. The van der Waals surface area contributed by atoms with E-state index in [1.807, 2.05) is 0 Å². The van der Waals surface area contributed by atoms with E-state index in [-0.39, 0.29) is 0 Å². The summed E-state index contributed by atoms with van der Waals surface area (Å²) in [6.07, 6.45) is 18.0. The molecular weight excluding hydrogens is 352 g/mol. The molecule has 0 unspecified atom stereocenters. The number of hydrogen-bond donors (Lipinski definition) is 0. The van der Waals surface area contributed by atoms with E-state index in [0.717, 1.165) is 42.1 Å². The molecule has 1 aromatic rings. The third-order valence-electron chi connectivity index (χ3n) is 7.34. The minimum atomic E-state index is 0.604. The summed E-state index contributed by atoms with van der Waals surface area (Å²) >= 11 is 0. The van der Waals surface area contributed by atoms with Crippen LogP contribution in [0.2, 0.25) is 0 Å². The largest absolute Gasteiger partial charge is 0.494 e. The van der Waals surface area contributed by atoms with Crippen LogP contribution in [-0.4, -0.2) is 6.61 Å². The van der Waals surface area contributed by atoms with Gasteiger partial charge in [-0.25, -0.2) is 0 Å². The Balaban J connectivity index is 1.38. The Morgan fingerprint density at radius 3 is 2.03 bits per heavy atom. The van der Waals surface area contributed by atoms with Crippen molar-refractivity contribution in [1.82, 2.24) is 0 Å². The summed E-state index contributed by atoms with van der Waals surface area (Å²) in [6, 6.07) is 8.34. The van der Waals surface area contributed by atoms with Crippen molar-refractivity contribution < 1.29 is 4.74 Å². The van der Waals surface area contributed by atoms with E-state index in [2.05, 4.69) is 50.0 Å². The molecular formula is C28H42O. The molecule has 0 aromatic heterocycles. The Bertz CT molecular complexity index is 619. The smallest absolute Gasteiger partial charge is 0.119 e. The van der Waals surface area contributed by atoms with Crippen LogP contribution in [0.4, 0.5) is 0 Å². The Hall–Kier alpha value is -1.42. The average molecular weight is 395 g/mol. The fourth-order valence-corrected chi connectivity index (χ4v) is 5.33. The molecule has 2 aliphatic rings. The minimum Gasteiger partial charge on any atom is -0.494 e. The van der Waals surface area contributed by atoms with Crippen molar-refractivity contribution in [2.45, 2.75) is 97.3 Å². The van der Waals surface area contributed by atoms with Crippen LogP contribution in [0.15, 0.2) is 24.3 Å². The molecule has 3 rings (SSSR count). The lowest BCUT2D eigenvalue weighted by Crippen LogP contribution is -2.25. The molecule has 160 valence electrons. The first kappa shape index (κ1) is 22.3. The second-order valence-electron chi connectivity index (χ2n) is 9.53. The topological polar surface area (TPSA) is 9.23 Å². The summed E-state index contributed by atoms with van der Waals surface area (Å²) in [5.74, 6) is 11.6. The van der Waals surface area contributed by atoms with E-state index < -0.39 is 0 Å². The van der Waals surface area contributed by atoms with Crippen molar-refractivity contribution in [3.63, 3.8) is 0 Å². The van der Waals surface area contributed by atoms with Crippen molar-refractivity contribution in [1.29, 1.82) is 0 Å². The van der Waals surface area contributed by atoms with Crippen LogP contribution in [0.5, 0.6) is 5.75 Å². The van der Waals surface area contributed by atoms with E-state index >= 15 is 0 Å². The first-order valence-corrected chi connectivity index (χ1v) is 12.5. The normalized spacial score (nSPS) is 27.1. The predicted octanol–water partition coefficient (Wildman–Crippen LogP) is 8.02. The lowest BCUT2D eigenvalue weighted by atomic mass is 9.69. The van der Waals surface area contributed by atoms with E-state index in [1.165, 1.54) is 77.0 Å². The molecule has 2 saturated carbocycles. The number of ether oxygens (including phenoxy) is 1. The summed E-state index contributed by atoms with van der Waals surface area (Å²) < 4.78 is 5.74. The second-order valence-corrected chi connectivity index (χ2v) is 9.53. The van der Waals surface area contributed by atoms with Crippen LogP contribution in [0, 0.1) is 35.5 Å². The van der Waals surface area contributed by atoms with E-state index in [0.29, 0.717) is 5.92 Å². The van der Waals surface area contributed by atoms with Gasteiger partial charge in [-0.2, -0.15) is 0 Å². The van der Waals surface area contributed by atoms with Gasteiger partial charge in [0.2, 0.25) is 0 Å². The molecule has 0 heterocycles. The summed E-state index contributed by atoms with van der Waals surface area (Å²) in [5, 5.41) is 0. The summed E-state index contributed by atoms with van der Waals surface area (Å²) in [6.45, 7) is 5.32. The van der Waals surface area contributed by atoms with Gasteiger partial charge in [0.05, 0.1) is 6.61 Å². The van der Waals surface area contributed by atoms with Gasteiger partial charge >= 0.3 is 0 Å². The first-order chi connectivity index (χ1) is 14.3. The van der Waals surface area contributed by atoms with Gasteiger partial charge in [0.15, 0.2) is 0 Å². The monoisotopic (exact) mass is 394 g/mol. The van der Waals surface area contributed by atoms with E-state index in [1.54, 1.807) is 0 Å².